The summed E-state index contributed by atoms with van der Waals surface area (Å²) in [6.45, 7) is 13.4. The lowest BCUT2D eigenvalue weighted by Gasteiger charge is -2.68. The fourth-order valence-electron chi connectivity index (χ4n) is 10.3. The van der Waals surface area contributed by atoms with Crippen molar-refractivity contribution in [3.63, 3.8) is 0 Å². The lowest BCUT2D eigenvalue weighted by Crippen LogP contribution is -2.66. The molecule has 5 aliphatic carbocycles. The fourth-order valence-corrected chi connectivity index (χ4v) is 10.3. The number of aliphatic hydroxyl groups is 2. The zero-order chi connectivity index (χ0) is 24.2. The number of fused-ring (bicyclic) bond motifs is 7. The zero-order valence-corrected chi connectivity index (χ0v) is 21.5. The Hall–Kier alpha value is -1.16. The molecule has 5 aliphatic rings. The number of carbonyl (C=O) groups excluding carboxylic acids is 2. The van der Waals surface area contributed by atoms with E-state index in [0.717, 1.165) is 51.2 Å². The Balaban J connectivity index is 1.55. The summed E-state index contributed by atoms with van der Waals surface area (Å²) in [7, 11) is 0. The molecule has 0 saturated heterocycles. The van der Waals surface area contributed by atoms with Gasteiger partial charge in [0.25, 0.3) is 0 Å². The van der Waals surface area contributed by atoms with Gasteiger partial charge in [-0.3, -0.25) is 9.59 Å². The molecule has 8 unspecified atom stereocenters. The Kier molecular flexibility index (Phi) is 4.97. The summed E-state index contributed by atoms with van der Waals surface area (Å²) in [4.78, 5) is 27.1. The maximum Gasteiger partial charge on any atom is 0.167 e. The molecule has 0 heterocycles. The summed E-state index contributed by atoms with van der Waals surface area (Å²) >= 11 is 0. The third-order valence-electron chi connectivity index (χ3n) is 11.9. The van der Waals surface area contributed by atoms with Crippen LogP contribution in [-0.4, -0.2) is 27.4 Å². The van der Waals surface area contributed by atoms with E-state index in [9.17, 15) is 19.8 Å². The van der Waals surface area contributed by atoms with Crippen LogP contribution in [0, 0.1) is 51.2 Å². The standard InChI is InChI=1S/C29H44O4/c1-25(2)11-12-29(33)10-7-18-23(19(29)15-25)20(31)13-22-27(18,5)9-8-21-26(3,4)24(32)17(16-30)14-28(21,22)6/h16,18-19,21-23,30,33H,7-15H2,1-6H3/b17-16+. The minimum Gasteiger partial charge on any atom is -0.515 e. The lowest BCUT2D eigenvalue weighted by atomic mass is 9.35. The molecule has 5 fully saturated rings. The molecule has 184 valence electrons. The molecule has 0 amide bonds. The van der Waals surface area contributed by atoms with Gasteiger partial charge in [0.1, 0.15) is 5.78 Å². The van der Waals surface area contributed by atoms with Gasteiger partial charge in [0.15, 0.2) is 5.78 Å². The molecule has 4 heteroatoms. The van der Waals surface area contributed by atoms with E-state index in [-0.39, 0.29) is 45.7 Å². The van der Waals surface area contributed by atoms with Crippen LogP contribution in [0.2, 0.25) is 0 Å². The summed E-state index contributed by atoms with van der Waals surface area (Å²) in [6.07, 6.45) is 8.76. The van der Waals surface area contributed by atoms with Gasteiger partial charge in [0.2, 0.25) is 0 Å². The van der Waals surface area contributed by atoms with E-state index in [1.807, 2.05) is 13.8 Å². The molecule has 0 aromatic rings. The number of hydrogen-bond acceptors (Lipinski definition) is 4. The molecule has 0 aromatic heterocycles. The number of rotatable bonds is 0. The van der Waals surface area contributed by atoms with E-state index in [1.165, 1.54) is 0 Å². The van der Waals surface area contributed by atoms with Gasteiger partial charge >= 0.3 is 0 Å². The van der Waals surface area contributed by atoms with Crippen LogP contribution in [0.1, 0.15) is 99.3 Å². The molecule has 0 spiro atoms. The normalized spacial score (nSPS) is 51.8. The van der Waals surface area contributed by atoms with Crippen LogP contribution in [0.5, 0.6) is 0 Å². The smallest absolute Gasteiger partial charge is 0.167 e. The average Bonchev–Trinajstić information content (AvgIpc) is 2.72. The van der Waals surface area contributed by atoms with Gasteiger partial charge in [-0.2, -0.15) is 0 Å². The molecule has 5 saturated carbocycles. The van der Waals surface area contributed by atoms with Crippen molar-refractivity contribution in [2.45, 2.75) is 105 Å². The van der Waals surface area contributed by atoms with Crippen molar-refractivity contribution in [3.8, 4) is 0 Å². The van der Waals surface area contributed by atoms with Crippen LogP contribution in [0.15, 0.2) is 11.8 Å². The molecular formula is C29H44O4. The van der Waals surface area contributed by atoms with Crippen molar-refractivity contribution in [3.05, 3.63) is 11.8 Å². The first-order valence-corrected chi connectivity index (χ1v) is 13.3. The van der Waals surface area contributed by atoms with E-state index >= 15 is 0 Å². The lowest BCUT2D eigenvalue weighted by molar-refractivity contribution is -0.212. The highest BCUT2D eigenvalue weighted by molar-refractivity contribution is 6.00. The van der Waals surface area contributed by atoms with E-state index in [2.05, 4.69) is 27.7 Å². The fraction of sp³-hybridized carbons (Fsp3) is 0.862. The first kappa shape index (κ1) is 23.6. The predicted molar refractivity (Wildman–Crippen MR) is 128 cm³/mol. The molecule has 0 aromatic carbocycles. The minimum atomic E-state index is -0.678. The zero-order valence-electron chi connectivity index (χ0n) is 21.5. The molecule has 0 radical (unpaired) electrons. The van der Waals surface area contributed by atoms with E-state index in [4.69, 9.17) is 0 Å². The van der Waals surface area contributed by atoms with Crippen LogP contribution in [-0.2, 0) is 9.59 Å². The molecular weight excluding hydrogens is 412 g/mol. The third kappa shape index (κ3) is 3.04. The highest BCUT2D eigenvalue weighted by Gasteiger charge is 2.68. The van der Waals surface area contributed by atoms with Crippen molar-refractivity contribution in [1.29, 1.82) is 0 Å². The van der Waals surface area contributed by atoms with Gasteiger partial charge in [-0.05, 0) is 91.3 Å². The van der Waals surface area contributed by atoms with Crippen LogP contribution < -0.4 is 0 Å². The SMILES string of the molecule is CC1(C)CCC2(O)CCC3C(C(=O)CC4C3(C)CCC3C(C)(C)C(=O)/C(=C/O)CC34C)C2C1. The first-order chi connectivity index (χ1) is 15.2. The highest BCUT2D eigenvalue weighted by Crippen LogP contribution is 2.71. The summed E-state index contributed by atoms with van der Waals surface area (Å²) in [5.74, 6) is 1.21. The van der Waals surface area contributed by atoms with Crippen LogP contribution >= 0.6 is 0 Å². The molecule has 5 rings (SSSR count). The summed E-state index contributed by atoms with van der Waals surface area (Å²) in [6, 6.07) is 0. The quantitative estimate of drug-likeness (QED) is 0.345. The Labute approximate surface area is 199 Å². The molecule has 0 aliphatic heterocycles. The number of aliphatic hydroxyl groups excluding tert-OH is 1. The Morgan fingerprint density at radius 3 is 2.21 bits per heavy atom. The first-order valence-electron chi connectivity index (χ1n) is 13.3. The minimum absolute atomic E-state index is 0.0315. The summed E-state index contributed by atoms with van der Waals surface area (Å²) in [5.41, 5.74) is -0.645. The number of carbonyl (C=O) groups is 2. The maximum atomic E-state index is 14.0. The Morgan fingerprint density at radius 1 is 0.848 bits per heavy atom. The largest absolute Gasteiger partial charge is 0.515 e. The Morgan fingerprint density at radius 2 is 1.55 bits per heavy atom. The second-order valence-electron chi connectivity index (χ2n) is 14.5. The van der Waals surface area contributed by atoms with Gasteiger partial charge in [0.05, 0.1) is 11.9 Å². The maximum absolute atomic E-state index is 14.0. The second kappa shape index (κ2) is 6.95. The Bertz CT molecular complexity index is 915. The topological polar surface area (TPSA) is 74.6 Å². The average molecular weight is 457 g/mol. The third-order valence-corrected chi connectivity index (χ3v) is 11.9. The predicted octanol–water partition coefficient (Wildman–Crippen LogP) is 6.02. The van der Waals surface area contributed by atoms with Crippen LogP contribution in [0.25, 0.3) is 0 Å². The van der Waals surface area contributed by atoms with Crippen LogP contribution in [0.3, 0.4) is 0 Å². The van der Waals surface area contributed by atoms with Crippen molar-refractivity contribution >= 4 is 11.6 Å². The van der Waals surface area contributed by atoms with Crippen molar-refractivity contribution in [2.75, 3.05) is 0 Å². The molecule has 4 nitrogen and oxygen atoms in total. The van der Waals surface area contributed by atoms with Crippen LogP contribution in [0.4, 0.5) is 0 Å². The highest BCUT2D eigenvalue weighted by atomic mass is 16.3. The van der Waals surface area contributed by atoms with E-state index in [0.29, 0.717) is 30.1 Å². The number of hydrogen-bond donors (Lipinski definition) is 2. The van der Waals surface area contributed by atoms with E-state index in [1.54, 1.807) is 0 Å². The summed E-state index contributed by atoms with van der Waals surface area (Å²) < 4.78 is 0. The van der Waals surface area contributed by atoms with Gasteiger partial charge in [-0.25, -0.2) is 0 Å². The van der Waals surface area contributed by atoms with E-state index < -0.39 is 11.0 Å². The van der Waals surface area contributed by atoms with Gasteiger partial charge in [-0.15, -0.1) is 0 Å². The number of ketones is 2. The molecule has 0 bridgehead atoms. The van der Waals surface area contributed by atoms with Crippen molar-refractivity contribution in [2.24, 2.45) is 51.2 Å². The monoisotopic (exact) mass is 456 g/mol. The van der Waals surface area contributed by atoms with Crippen molar-refractivity contribution in [1.82, 2.24) is 0 Å². The number of allylic oxidation sites excluding steroid dienone is 1. The molecule has 2 N–H and O–H groups in total. The van der Waals surface area contributed by atoms with Gasteiger partial charge in [0, 0.05) is 23.3 Å². The molecule has 8 atom stereocenters. The second-order valence-corrected chi connectivity index (χ2v) is 14.5. The van der Waals surface area contributed by atoms with Gasteiger partial charge < -0.3 is 10.2 Å². The van der Waals surface area contributed by atoms with Gasteiger partial charge in [-0.1, -0.05) is 41.5 Å². The number of Topliss-reactive ketones (excluding diaryl/α,β-unsaturated/α-hetero) is 2. The summed E-state index contributed by atoms with van der Waals surface area (Å²) in [5, 5.41) is 21.6. The molecule has 33 heavy (non-hydrogen) atoms. The van der Waals surface area contributed by atoms with Crippen molar-refractivity contribution < 1.29 is 19.8 Å².